The second kappa shape index (κ2) is 7.11. The number of carbonyl (C=O) groups is 1. The third-order valence-electron chi connectivity index (χ3n) is 3.02. The first kappa shape index (κ1) is 17.4. The van der Waals surface area contributed by atoms with Crippen LogP contribution < -0.4 is 10.2 Å². The number of aromatic hydroxyl groups is 1. The van der Waals surface area contributed by atoms with Crippen molar-refractivity contribution in [3.63, 3.8) is 0 Å². The van der Waals surface area contributed by atoms with Gasteiger partial charge in [-0.25, -0.2) is 5.43 Å². The molecule has 0 heterocycles. The van der Waals surface area contributed by atoms with Crippen molar-refractivity contribution in [2.45, 2.75) is 4.90 Å². The number of hydrogen-bond acceptors (Lipinski definition) is 6. The summed E-state index contributed by atoms with van der Waals surface area (Å²) in [6, 6.07) is 9.25. The predicted octanol–water partition coefficient (Wildman–Crippen LogP) is 1.41. The highest BCUT2D eigenvalue weighted by Gasteiger charge is 2.11. The standard InChI is InChI=1S/C15H14N2O6S/c1-23-12-5-2-11(14(18)8-12)9-16-17-15(19)10-3-6-13(7-4-10)24(20,21)22/h2-9,18H,1H3,(H,17,19)(H,20,21,22). The number of rotatable bonds is 5. The first-order chi connectivity index (χ1) is 11.3. The molecule has 2 rings (SSSR count). The summed E-state index contributed by atoms with van der Waals surface area (Å²) in [6.07, 6.45) is 1.25. The molecule has 0 spiro atoms. The van der Waals surface area contributed by atoms with Crippen LogP contribution in [0.1, 0.15) is 15.9 Å². The van der Waals surface area contributed by atoms with Crippen molar-refractivity contribution in [2.24, 2.45) is 5.10 Å². The average Bonchev–Trinajstić information content (AvgIpc) is 2.55. The van der Waals surface area contributed by atoms with Crippen molar-refractivity contribution in [3.8, 4) is 11.5 Å². The van der Waals surface area contributed by atoms with Gasteiger partial charge in [0.1, 0.15) is 11.5 Å². The van der Waals surface area contributed by atoms with Crippen LogP contribution in [0.3, 0.4) is 0 Å². The fraction of sp³-hybridized carbons (Fsp3) is 0.0667. The van der Waals surface area contributed by atoms with Crippen LogP contribution in [0.5, 0.6) is 11.5 Å². The molecule has 1 amide bonds. The van der Waals surface area contributed by atoms with Gasteiger partial charge in [-0.05, 0) is 36.4 Å². The molecular formula is C15H14N2O6S. The molecule has 2 aromatic rings. The van der Waals surface area contributed by atoms with Gasteiger partial charge in [-0.3, -0.25) is 9.35 Å². The molecule has 3 N–H and O–H groups in total. The predicted molar refractivity (Wildman–Crippen MR) is 86.0 cm³/mol. The molecule has 0 fully saturated rings. The number of nitrogens with one attached hydrogen (secondary N) is 1. The van der Waals surface area contributed by atoms with Crippen molar-refractivity contribution in [1.82, 2.24) is 5.43 Å². The summed E-state index contributed by atoms with van der Waals surface area (Å²) in [6.45, 7) is 0. The zero-order chi connectivity index (χ0) is 17.7. The zero-order valence-corrected chi connectivity index (χ0v) is 13.3. The maximum atomic E-state index is 11.9. The summed E-state index contributed by atoms with van der Waals surface area (Å²) >= 11 is 0. The second-order valence-electron chi connectivity index (χ2n) is 4.62. The molecule has 8 nitrogen and oxygen atoms in total. The normalized spacial score (nSPS) is 11.4. The Morgan fingerprint density at radius 3 is 2.42 bits per heavy atom. The van der Waals surface area contributed by atoms with Gasteiger partial charge in [0.05, 0.1) is 18.2 Å². The highest BCUT2D eigenvalue weighted by atomic mass is 32.2. The molecule has 0 aliphatic carbocycles. The molecular weight excluding hydrogens is 336 g/mol. The molecule has 9 heteroatoms. The summed E-state index contributed by atoms with van der Waals surface area (Å²) in [5, 5.41) is 13.5. The fourth-order valence-electron chi connectivity index (χ4n) is 1.76. The Hall–Kier alpha value is -2.91. The number of carbonyl (C=O) groups excluding carboxylic acids is 1. The molecule has 24 heavy (non-hydrogen) atoms. The Morgan fingerprint density at radius 2 is 1.88 bits per heavy atom. The fourth-order valence-corrected chi connectivity index (χ4v) is 2.24. The summed E-state index contributed by atoms with van der Waals surface area (Å²) in [5.41, 5.74) is 2.76. The van der Waals surface area contributed by atoms with Gasteiger partial charge < -0.3 is 9.84 Å². The molecule has 0 bridgehead atoms. The third-order valence-corrected chi connectivity index (χ3v) is 3.89. The minimum Gasteiger partial charge on any atom is -0.507 e. The SMILES string of the molecule is COc1ccc(C=NNC(=O)c2ccc(S(=O)(=O)O)cc2)c(O)c1. The van der Waals surface area contributed by atoms with Crippen molar-refractivity contribution in [3.05, 3.63) is 53.6 Å². The molecule has 0 aliphatic rings. The third kappa shape index (κ3) is 4.31. The maximum absolute atomic E-state index is 11.9. The molecule has 0 unspecified atom stereocenters. The number of phenolic OH excluding ortho intramolecular Hbond substituents is 1. The topological polar surface area (TPSA) is 125 Å². The molecule has 0 aliphatic heterocycles. The molecule has 0 aromatic heterocycles. The van der Waals surface area contributed by atoms with Crippen molar-refractivity contribution in [1.29, 1.82) is 0 Å². The van der Waals surface area contributed by atoms with Crippen LogP contribution in [0.15, 0.2) is 52.5 Å². The Balaban J connectivity index is 2.05. The van der Waals surface area contributed by atoms with E-state index in [1.54, 1.807) is 12.1 Å². The second-order valence-corrected chi connectivity index (χ2v) is 6.04. The Morgan fingerprint density at radius 1 is 1.21 bits per heavy atom. The zero-order valence-electron chi connectivity index (χ0n) is 12.5. The van der Waals surface area contributed by atoms with E-state index in [1.165, 1.54) is 31.5 Å². The lowest BCUT2D eigenvalue weighted by atomic mass is 10.2. The quantitative estimate of drug-likeness (QED) is 0.425. The summed E-state index contributed by atoms with van der Waals surface area (Å²) < 4.78 is 35.7. The van der Waals surface area contributed by atoms with E-state index in [2.05, 4.69) is 10.5 Å². The number of benzene rings is 2. The highest BCUT2D eigenvalue weighted by Crippen LogP contribution is 2.21. The summed E-state index contributed by atoms with van der Waals surface area (Å²) in [4.78, 5) is 11.5. The van der Waals surface area contributed by atoms with E-state index >= 15 is 0 Å². The monoisotopic (exact) mass is 350 g/mol. The van der Waals surface area contributed by atoms with E-state index in [4.69, 9.17) is 9.29 Å². The molecule has 2 aromatic carbocycles. The molecule has 0 radical (unpaired) electrons. The van der Waals surface area contributed by atoms with Gasteiger partial charge in [-0.15, -0.1) is 0 Å². The summed E-state index contributed by atoms with van der Waals surface area (Å²) in [7, 11) is -2.84. The van der Waals surface area contributed by atoms with E-state index in [1.807, 2.05) is 0 Å². The van der Waals surface area contributed by atoms with Crippen LogP contribution in [-0.4, -0.2) is 37.3 Å². The van der Waals surface area contributed by atoms with Gasteiger partial charge in [-0.1, -0.05) is 0 Å². The molecule has 0 saturated heterocycles. The summed E-state index contributed by atoms with van der Waals surface area (Å²) in [5.74, 6) is -0.168. The number of amides is 1. The number of hydrogen-bond donors (Lipinski definition) is 3. The smallest absolute Gasteiger partial charge is 0.294 e. The van der Waals surface area contributed by atoms with E-state index in [9.17, 15) is 18.3 Å². The van der Waals surface area contributed by atoms with Gasteiger partial charge in [0.2, 0.25) is 0 Å². The average molecular weight is 350 g/mol. The van der Waals surface area contributed by atoms with Crippen LogP contribution in [0, 0.1) is 0 Å². The van der Waals surface area contributed by atoms with Crippen LogP contribution >= 0.6 is 0 Å². The Labute approximate surface area is 138 Å². The minimum atomic E-state index is -4.31. The lowest BCUT2D eigenvalue weighted by Gasteiger charge is -2.03. The number of hydrazone groups is 1. The van der Waals surface area contributed by atoms with E-state index in [0.29, 0.717) is 11.3 Å². The lowest BCUT2D eigenvalue weighted by Crippen LogP contribution is -2.17. The van der Waals surface area contributed by atoms with Gasteiger partial charge in [0, 0.05) is 17.2 Å². The largest absolute Gasteiger partial charge is 0.507 e. The number of phenols is 1. The van der Waals surface area contributed by atoms with Crippen molar-refractivity contribution >= 4 is 22.2 Å². The first-order valence-electron chi connectivity index (χ1n) is 6.59. The number of nitrogens with zero attached hydrogens (tertiary/aromatic N) is 1. The Kier molecular flexibility index (Phi) is 5.17. The lowest BCUT2D eigenvalue weighted by molar-refractivity contribution is 0.0955. The van der Waals surface area contributed by atoms with E-state index in [0.717, 1.165) is 12.1 Å². The van der Waals surface area contributed by atoms with Gasteiger partial charge in [0.15, 0.2) is 0 Å². The van der Waals surface area contributed by atoms with Crippen LogP contribution in [0.25, 0.3) is 0 Å². The Bertz CT molecular complexity index is 875. The maximum Gasteiger partial charge on any atom is 0.294 e. The minimum absolute atomic E-state index is 0.0649. The first-order valence-corrected chi connectivity index (χ1v) is 8.03. The number of methoxy groups -OCH3 is 1. The number of ether oxygens (including phenoxy) is 1. The van der Waals surface area contributed by atoms with Gasteiger partial charge in [-0.2, -0.15) is 13.5 Å². The van der Waals surface area contributed by atoms with Crippen LogP contribution in [0.4, 0.5) is 0 Å². The molecule has 126 valence electrons. The van der Waals surface area contributed by atoms with Gasteiger partial charge in [0.25, 0.3) is 16.0 Å². The van der Waals surface area contributed by atoms with Crippen LogP contribution in [-0.2, 0) is 10.1 Å². The van der Waals surface area contributed by atoms with Gasteiger partial charge >= 0.3 is 0 Å². The van der Waals surface area contributed by atoms with Crippen LogP contribution in [0.2, 0.25) is 0 Å². The van der Waals surface area contributed by atoms with Crippen molar-refractivity contribution < 1.29 is 27.6 Å². The highest BCUT2D eigenvalue weighted by molar-refractivity contribution is 7.85. The van der Waals surface area contributed by atoms with Crippen molar-refractivity contribution in [2.75, 3.05) is 7.11 Å². The molecule has 0 saturated carbocycles. The molecule has 0 atom stereocenters. The van der Waals surface area contributed by atoms with E-state index < -0.39 is 16.0 Å². The van der Waals surface area contributed by atoms with E-state index in [-0.39, 0.29) is 16.2 Å².